The standard InChI is InChI=1S/C19H18F2N6O3S2/c1-11-8-15(25-30-11)22-16(28)10-31-19-24-23-18(32-19)27-6-4-26(5-7-27)17(29)12-2-3-13(20)14(21)9-12/h2-3,8-9H,4-7,10H2,1H3,(H,22,25,28). The number of nitrogens with zero attached hydrogens (tertiary/aromatic N) is 5. The lowest BCUT2D eigenvalue weighted by Crippen LogP contribution is -2.48. The Morgan fingerprint density at radius 2 is 1.94 bits per heavy atom. The molecule has 0 aliphatic carbocycles. The van der Waals surface area contributed by atoms with Crippen LogP contribution in [0.4, 0.5) is 19.7 Å². The lowest BCUT2D eigenvalue weighted by Gasteiger charge is -2.34. The van der Waals surface area contributed by atoms with Crippen LogP contribution in [0.5, 0.6) is 0 Å². The minimum Gasteiger partial charge on any atom is -0.360 e. The van der Waals surface area contributed by atoms with Crippen molar-refractivity contribution in [3.05, 3.63) is 47.2 Å². The predicted molar refractivity (Wildman–Crippen MR) is 115 cm³/mol. The third kappa shape index (κ3) is 5.22. The molecule has 0 saturated carbocycles. The molecule has 0 radical (unpaired) electrons. The normalized spacial score (nSPS) is 14.0. The molecule has 1 aliphatic heterocycles. The minimum absolute atomic E-state index is 0.117. The van der Waals surface area contributed by atoms with Crippen molar-refractivity contribution in [3.63, 3.8) is 0 Å². The molecular formula is C19H18F2N6O3S2. The van der Waals surface area contributed by atoms with Crippen molar-refractivity contribution in [1.29, 1.82) is 0 Å². The van der Waals surface area contributed by atoms with Gasteiger partial charge < -0.3 is 19.6 Å². The number of anilines is 2. The molecule has 13 heteroatoms. The summed E-state index contributed by atoms with van der Waals surface area (Å²) in [5.74, 6) is -1.48. The first-order valence-corrected chi connectivity index (χ1v) is 11.4. The number of hydrogen-bond acceptors (Lipinski definition) is 9. The molecule has 0 atom stereocenters. The van der Waals surface area contributed by atoms with Gasteiger partial charge in [-0.3, -0.25) is 9.59 Å². The molecule has 0 spiro atoms. The van der Waals surface area contributed by atoms with E-state index in [-0.39, 0.29) is 23.1 Å². The molecule has 3 aromatic rings. The summed E-state index contributed by atoms with van der Waals surface area (Å²) in [4.78, 5) is 28.1. The largest absolute Gasteiger partial charge is 0.360 e. The Bertz CT molecular complexity index is 1130. The van der Waals surface area contributed by atoms with E-state index in [2.05, 4.69) is 20.7 Å². The van der Waals surface area contributed by atoms with Gasteiger partial charge in [0, 0.05) is 37.8 Å². The van der Waals surface area contributed by atoms with Crippen molar-refractivity contribution < 1.29 is 22.9 Å². The summed E-state index contributed by atoms with van der Waals surface area (Å²) in [7, 11) is 0. The van der Waals surface area contributed by atoms with Crippen molar-refractivity contribution in [2.75, 3.05) is 42.1 Å². The molecule has 1 N–H and O–H groups in total. The average Bonchev–Trinajstić information content (AvgIpc) is 3.43. The summed E-state index contributed by atoms with van der Waals surface area (Å²) in [6.45, 7) is 3.62. The number of benzene rings is 1. The maximum absolute atomic E-state index is 13.4. The van der Waals surface area contributed by atoms with Crippen LogP contribution in [0, 0.1) is 18.6 Å². The van der Waals surface area contributed by atoms with Gasteiger partial charge >= 0.3 is 0 Å². The summed E-state index contributed by atoms with van der Waals surface area (Å²) in [5, 5.41) is 15.3. The van der Waals surface area contributed by atoms with E-state index in [9.17, 15) is 18.4 Å². The second-order valence-electron chi connectivity index (χ2n) is 6.92. The molecule has 9 nitrogen and oxygen atoms in total. The number of hydrogen-bond donors (Lipinski definition) is 1. The zero-order valence-corrected chi connectivity index (χ0v) is 18.5. The first-order valence-electron chi connectivity index (χ1n) is 9.58. The molecule has 0 unspecified atom stereocenters. The molecule has 168 valence electrons. The minimum atomic E-state index is -1.04. The number of carbonyl (C=O) groups is 2. The number of rotatable bonds is 6. The zero-order valence-electron chi connectivity index (χ0n) is 16.9. The summed E-state index contributed by atoms with van der Waals surface area (Å²) in [6, 6.07) is 4.77. The Balaban J connectivity index is 1.26. The monoisotopic (exact) mass is 480 g/mol. The van der Waals surface area contributed by atoms with Gasteiger partial charge in [-0.2, -0.15) is 0 Å². The predicted octanol–water partition coefficient (Wildman–Crippen LogP) is 2.81. The van der Waals surface area contributed by atoms with Gasteiger partial charge in [-0.15, -0.1) is 10.2 Å². The smallest absolute Gasteiger partial charge is 0.254 e. The van der Waals surface area contributed by atoms with Gasteiger partial charge in [0.25, 0.3) is 5.91 Å². The van der Waals surface area contributed by atoms with Crippen LogP contribution in [0.1, 0.15) is 16.1 Å². The van der Waals surface area contributed by atoms with Crippen molar-refractivity contribution >= 4 is 45.9 Å². The maximum atomic E-state index is 13.4. The maximum Gasteiger partial charge on any atom is 0.254 e. The van der Waals surface area contributed by atoms with Gasteiger partial charge in [-0.25, -0.2) is 8.78 Å². The van der Waals surface area contributed by atoms with Crippen molar-refractivity contribution in [2.45, 2.75) is 11.3 Å². The van der Waals surface area contributed by atoms with E-state index in [4.69, 9.17) is 4.52 Å². The summed E-state index contributed by atoms with van der Waals surface area (Å²) < 4.78 is 32.1. The van der Waals surface area contributed by atoms with Crippen LogP contribution in [0.15, 0.2) is 33.1 Å². The molecule has 32 heavy (non-hydrogen) atoms. The number of nitrogens with one attached hydrogen (secondary N) is 1. The number of thioether (sulfide) groups is 1. The van der Waals surface area contributed by atoms with E-state index in [1.807, 2.05) is 4.90 Å². The van der Waals surface area contributed by atoms with E-state index in [1.54, 1.807) is 17.9 Å². The van der Waals surface area contributed by atoms with E-state index in [0.717, 1.165) is 12.1 Å². The van der Waals surface area contributed by atoms with Gasteiger partial charge in [0.1, 0.15) is 5.76 Å². The van der Waals surface area contributed by atoms with E-state index in [0.29, 0.717) is 47.2 Å². The number of amides is 2. The first kappa shape index (κ1) is 22.1. The molecule has 4 rings (SSSR count). The third-order valence-electron chi connectivity index (χ3n) is 4.62. The Morgan fingerprint density at radius 1 is 1.16 bits per heavy atom. The molecule has 0 bridgehead atoms. The highest BCUT2D eigenvalue weighted by molar-refractivity contribution is 8.01. The SMILES string of the molecule is Cc1cc(NC(=O)CSc2nnc(N3CCN(C(=O)c4ccc(F)c(F)c4)CC3)s2)no1. The Labute approximate surface area is 189 Å². The molecule has 2 amide bonds. The summed E-state index contributed by atoms with van der Waals surface area (Å²) in [5.41, 5.74) is 0.117. The second kappa shape index (κ2) is 9.61. The van der Waals surface area contributed by atoms with E-state index in [1.165, 1.54) is 29.2 Å². The van der Waals surface area contributed by atoms with Crippen LogP contribution < -0.4 is 10.2 Å². The molecule has 1 fully saturated rings. The Morgan fingerprint density at radius 3 is 2.62 bits per heavy atom. The molecule has 3 heterocycles. The van der Waals surface area contributed by atoms with Crippen molar-refractivity contribution in [2.24, 2.45) is 0 Å². The Kier molecular flexibility index (Phi) is 6.65. The number of piperazine rings is 1. The van der Waals surface area contributed by atoms with Crippen molar-refractivity contribution in [1.82, 2.24) is 20.3 Å². The van der Waals surface area contributed by atoms with Crippen LogP contribution in [0.3, 0.4) is 0 Å². The van der Waals surface area contributed by atoms with Crippen LogP contribution >= 0.6 is 23.1 Å². The molecule has 1 aromatic carbocycles. The fraction of sp³-hybridized carbons (Fsp3) is 0.316. The van der Waals surface area contributed by atoms with Gasteiger partial charge in [-0.1, -0.05) is 28.3 Å². The quantitative estimate of drug-likeness (QED) is 0.537. The second-order valence-corrected chi connectivity index (χ2v) is 9.10. The van der Waals surface area contributed by atoms with Crippen LogP contribution in [-0.4, -0.2) is 64.0 Å². The highest BCUT2D eigenvalue weighted by Crippen LogP contribution is 2.29. The van der Waals surface area contributed by atoms with Gasteiger partial charge in [0.15, 0.2) is 21.8 Å². The number of aryl methyl sites for hydroxylation is 1. The molecule has 1 aliphatic rings. The van der Waals surface area contributed by atoms with Gasteiger partial charge in [0.05, 0.1) is 5.75 Å². The van der Waals surface area contributed by atoms with Crippen LogP contribution in [0.2, 0.25) is 0 Å². The van der Waals surface area contributed by atoms with Crippen molar-refractivity contribution in [3.8, 4) is 0 Å². The van der Waals surface area contributed by atoms with E-state index < -0.39 is 11.6 Å². The highest BCUT2D eigenvalue weighted by atomic mass is 32.2. The Hall–Kier alpha value is -3.06. The van der Waals surface area contributed by atoms with Gasteiger partial charge in [-0.05, 0) is 25.1 Å². The third-order valence-corrected chi connectivity index (χ3v) is 6.74. The lowest BCUT2D eigenvalue weighted by atomic mass is 10.1. The molecular weight excluding hydrogens is 462 g/mol. The van der Waals surface area contributed by atoms with Crippen LogP contribution in [-0.2, 0) is 4.79 Å². The van der Waals surface area contributed by atoms with E-state index >= 15 is 0 Å². The summed E-state index contributed by atoms with van der Waals surface area (Å²) in [6.07, 6.45) is 0. The van der Waals surface area contributed by atoms with Gasteiger partial charge in [0.2, 0.25) is 11.0 Å². The topological polar surface area (TPSA) is 104 Å². The highest BCUT2D eigenvalue weighted by Gasteiger charge is 2.25. The number of halogens is 2. The number of carbonyl (C=O) groups excluding carboxylic acids is 2. The lowest BCUT2D eigenvalue weighted by molar-refractivity contribution is -0.113. The molecule has 2 aromatic heterocycles. The zero-order chi connectivity index (χ0) is 22.7. The average molecular weight is 481 g/mol. The summed E-state index contributed by atoms with van der Waals surface area (Å²) >= 11 is 2.62. The molecule has 1 saturated heterocycles. The first-order chi connectivity index (χ1) is 15.4. The fourth-order valence-corrected chi connectivity index (χ4v) is 4.73. The fourth-order valence-electron chi connectivity index (χ4n) is 3.03. The van der Waals surface area contributed by atoms with Crippen LogP contribution in [0.25, 0.3) is 0 Å². The number of aromatic nitrogens is 3.